The molecule has 0 N–H and O–H groups in total. The molecule has 4 nitrogen and oxygen atoms in total. The largest absolute Gasteiger partial charge is 0.418 e. The van der Waals surface area contributed by atoms with Gasteiger partial charge in [0, 0.05) is 6.54 Å². The highest BCUT2D eigenvalue weighted by atomic mass is 16.6. The molecule has 2 rings (SSSR count). The smallest absolute Gasteiger partial charge is 0.375 e. The van der Waals surface area contributed by atoms with Gasteiger partial charge in [-0.15, -0.1) is 0 Å². The van der Waals surface area contributed by atoms with E-state index in [-0.39, 0.29) is 12.0 Å². The summed E-state index contributed by atoms with van der Waals surface area (Å²) in [5.74, 6) is -0.373. The second-order valence-corrected chi connectivity index (χ2v) is 2.54. The number of fused-ring (bicyclic) bond motifs is 1. The zero-order chi connectivity index (χ0) is 7.14. The van der Waals surface area contributed by atoms with Gasteiger partial charge >= 0.3 is 12.1 Å². The zero-order valence-electron chi connectivity index (χ0n) is 5.37. The normalized spacial score (nSPS) is 30.8. The Morgan fingerprint density at radius 1 is 1.50 bits per heavy atom. The lowest BCUT2D eigenvalue weighted by atomic mass is 10.2. The number of ether oxygens (including phenoxy) is 1. The fourth-order valence-electron chi connectivity index (χ4n) is 1.44. The van der Waals surface area contributed by atoms with Crippen molar-refractivity contribution >= 4 is 12.1 Å². The van der Waals surface area contributed by atoms with Crippen LogP contribution in [0.3, 0.4) is 0 Å². The predicted molar refractivity (Wildman–Crippen MR) is 31.2 cm³/mol. The van der Waals surface area contributed by atoms with Gasteiger partial charge in [-0.1, -0.05) is 0 Å². The predicted octanol–water partition coefficient (Wildman–Crippen LogP) is 0.128. The van der Waals surface area contributed by atoms with Crippen molar-refractivity contribution in [3.8, 4) is 0 Å². The molecular formula is C6H7NO3. The van der Waals surface area contributed by atoms with Gasteiger partial charge in [0.1, 0.15) is 6.04 Å². The highest BCUT2D eigenvalue weighted by Gasteiger charge is 2.43. The van der Waals surface area contributed by atoms with E-state index in [9.17, 15) is 9.59 Å². The van der Waals surface area contributed by atoms with Crippen LogP contribution in [0, 0.1) is 0 Å². The third kappa shape index (κ3) is 0.558. The van der Waals surface area contributed by atoms with Crippen LogP contribution in [-0.2, 0) is 9.53 Å². The van der Waals surface area contributed by atoms with Crippen molar-refractivity contribution in [2.45, 2.75) is 18.9 Å². The maximum absolute atomic E-state index is 10.8. The quantitative estimate of drug-likeness (QED) is 0.355. The minimum absolute atomic E-state index is 0.257. The number of nitrogens with zero attached hydrogens (tertiary/aromatic N) is 1. The molecule has 0 saturated carbocycles. The van der Waals surface area contributed by atoms with E-state index in [1.165, 1.54) is 4.90 Å². The Morgan fingerprint density at radius 2 is 2.30 bits per heavy atom. The molecule has 10 heavy (non-hydrogen) atoms. The molecule has 1 unspecified atom stereocenters. The van der Waals surface area contributed by atoms with Crippen molar-refractivity contribution in [2.75, 3.05) is 6.54 Å². The molecule has 0 aromatic carbocycles. The Bertz CT molecular complexity index is 181. The molecule has 54 valence electrons. The van der Waals surface area contributed by atoms with Gasteiger partial charge in [0.25, 0.3) is 0 Å². The first kappa shape index (κ1) is 5.70. The number of carbonyl (C=O) groups is 2. The number of rotatable bonds is 0. The summed E-state index contributed by atoms with van der Waals surface area (Å²) in [6.45, 7) is 0.676. The SMILES string of the molecule is O=C1OC(=O)N2CCCC12. The Kier molecular flexibility index (Phi) is 0.977. The lowest BCUT2D eigenvalue weighted by Crippen LogP contribution is -2.28. The minimum atomic E-state index is -0.465. The van der Waals surface area contributed by atoms with E-state index in [2.05, 4.69) is 4.74 Å². The van der Waals surface area contributed by atoms with Gasteiger partial charge in [-0.05, 0) is 12.8 Å². The van der Waals surface area contributed by atoms with E-state index < -0.39 is 6.09 Å². The average Bonchev–Trinajstić information content (AvgIpc) is 2.39. The van der Waals surface area contributed by atoms with Crippen LogP contribution in [0.4, 0.5) is 4.79 Å². The Labute approximate surface area is 57.7 Å². The molecule has 2 fully saturated rings. The Balaban J connectivity index is 2.27. The monoisotopic (exact) mass is 141 g/mol. The van der Waals surface area contributed by atoms with Gasteiger partial charge in [0.15, 0.2) is 0 Å². The summed E-state index contributed by atoms with van der Waals surface area (Å²) in [5.41, 5.74) is 0. The van der Waals surface area contributed by atoms with Crippen LogP contribution in [0.1, 0.15) is 12.8 Å². The maximum Gasteiger partial charge on any atom is 0.418 e. The van der Waals surface area contributed by atoms with Crippen LogP contribution in [0.5, 0.6) is 0 Å². The number of esters is 1. The van der Waals surface area contributed by atoms with Crippen molar-refractivity contribution in [3.05, 3.63) is 0 Å². The van der Waals surface area contributed by atoms with Gasteiger partial charge in [0.2, 0.25) is 0 Å². The first-order valence-electron chi connectivity index (χ1n) is 3.31. The van der Waals surface area contributed by atoms with E-state index in [1.54, 1.807) is 0 Å². The van der Waals surface area contributed by atoms with Crippen LogP contribution in [-0.4, -0.2) is 29.5 Å². The topological polar surface area (TPSA) is 46.6 Å². The number of carbonyl (C=O) groups excluding carboxylic acids is 2. The second kappa shape index (κ2) is 1.71. The fraction of sp³-hybridized carbons (Fsp3) is 0.667. The number of cyclic esters (lactones) is 2. The van der Waals surface area contributed by atoms with E-state index in [0.29, 0.717) is 6.54 Å². The van der Waals surface area contributed by atoms with Gasteiger partial charge in [-0.3, -0.25) is 4.90 Å². The summed E-state index contributed by atoms with van der Waals surface area (Å²) in [6, 6.07) is -0.257. The molecule has 0 aromatic heterocycles. The van der Waals surface area contributed by atoms with E-state index in [4.69, 9.17) is 0 Å². The van der Waals surface area contributed by atoms with Crippen molar-refractivity contribution in [1.82, 2.24) is 4.90 Å². The zero-order valence-corrected chi connectivity index (χ0v) is 5.37. The first-order valence-corrected chi connectivity index (χ1v) is 3.31. The lowest BCUT2D eigenvalue weighted by molar-refractivity contribution is -0.135. The molecule has 1 amide bonds. The van der Waals surface area contributed by atoms with Crippen molar-refractivity contribution in [2.24, 2.45) is 0 Å². The Morgan fingerprint density at radius 3 is 3.00 bits per heavy atom. The molecule has 0 spiro atoms. The molecule has 2 heterocycles. The average molecular weight is 141 g/mol. The van der Waals surface area contributed by atoms with Crippen molar-refractivity contribution in [1.29, 1.82) is 0 Å². The summed E-state index contributed by atoms with van der Waals surface area (Å²) < 4.78 is 4.38. The molecule has 2 saturated heterocycles. The summed E-state index contributed by atoms with van der Waals surface area (Å²) in [6.07, 6.45) is 1.23. The van der Waals surface area contributed by atoms with Crippen LogP contribution in [0.2, 0.25) is 0 Å². The van der Waals surface area contributed by atoms with Crippen LogP contribution >= 0.6 is 0 Å². The van der Waals surface area contributed by atoms with E-state index in [0.717, 1.165) is 12.8 Å². The summed E-state index contributed by atoms with van der Waals surface area (Å²) in [5, 5.41) is 0. The third-order valence-corrected chi connectivity index (χ3v) is 1.95. The summed E-state index contributed by atoms with van der Waals surface area (Å²) >= 11 is 0. The lowest BCUT2D eigenvalue weighted by Gasteiger charge is -2.06. The number of hydrogen-bond donors (Lipinski definition) is 0. The molecule has 2 aliphatic rings. The van der Waals surface area contributed by atoms with Crippen LogP contribution in [0.25, 0.3) is 0 Å². The second-order valence-electron chi connectivity index (χ2n) is 2.54. The van der Waals surface area contributed by atoms with Gasteiger partial charge in [-0.25, -0.2) is 9.59 Å². The molecule has 1 atom stereocenters. The van der Waals surface area contributed by atoms with Gasteiger partial charge < -0.3 is 4.74 Å². The minimum Gasteiger partial charge on any atom is -0.375 e. The molecule has 2 aliphatic heterocycles. The number of amides is 1. The molecule has 0 radical (unpaired) electrons. The molecule has 0 aliphatic carbocycles. The number of hydrogen-bond acceptors (Lipinski definition) is 3. The molecular weight excluding hydrogens is 134 g/mol. The third-order valence-electron chi connectivity index (χ3n) is 1.95. The standard InChI is InChI=1S/C6H7NO3/c8-5-4-2-1-3-7(4)6(9)10-5/h4H,1-3H2. The molecule has 0 aromatic rings. The van der Waals surface area contributed by atoms with Crippen molar-refractivity contribution < 1.29 is 14.3 Å². The molecule has 0 bridgehead atoms. The fourth-order valence-corrected chi connectivity index (χ4v) is 1.44. The van der Waals surface area contributed by atoms with Gasteiger partial charge in [-0.2, -0.15) is 0 Å². The maximum atomic E-state index is 10.8. The molecule has 4 heteroatoms. The summed E-state index contributed by atoms with van der Waals surface area (Å²) in [4.78, 5) is 23.0. The van der Waals surface area contributed by atoms with Crippen molar-refractivity contribution in [3.63, 3.8) is 0 Å². The highest BCUT2D eigenvalue weighted by molar-refractivity contribution is 5.95. The van der Waals surface area contributed by atoms with Crippen LogP contribution in [0.15, 0.2) is 0 Å². The highest BCUT2D eigenvalue weighted by Crippen LogP contribution is 2.24. The summed E-state index contributed by atoms with van der Waals surface area (Å²) in [7, 11) is 0. The van der Waals surface area contributed by atoms with E-state index in [1.807, 2.05) is 0 Å². The Hall–Kier alpha value is -1.06. The van der Waals surface area contributed by atoms with Gasteiger partial charge in [0.05, 0.1) is 0 Å². The van der Waals surface area contributed by atoms with Crippen LogP contribution < -0.4 is 0 Å². The first-order chi connectivity index (χ1) is 4.79. The van der Waals surface area contributed by atoms with E-state index >= 15 is 0 Å².